The maximum absolute atomic E-state index is 5.37. The second-order valence-corrected chi connectivity index (χ2v) is 6.78. The minimum Gasteiger partial charge on any atom is -0.469 e. The Bertz CT molecular complexity index is 449. The fourth-order valence-corrected chi connectivity index (χ4v) is 3.23. The summed E-state index contributed by atoms with van der Waals surface area (Å²) in [6.07, 6.45) is 7.29. The minimum atomic E-state index is 0.601. The van der Waals surface area contributed by atoms with Crippen LogP contribution < -0.4 is 10.6 Å². The zero-order chi connectivity index (χ0) is 16.3. The van der Waals surface area contributed by atoms with Gasteiger partial charge in [-0.05, 0) is 44.3 Å². The number of aliphatic imine (C=N–C) groups is 1. The van der Waals surface area contributed by atoms with Crippen LogP contribution in [0.4, 0.5) is 0 Å². The number of rotatable bonds is 9. The average molecular weight is 339 g/mol. The maximum atomic E-state index is 5.37. The third-order valence-electron chi connectivity index (χ3n) is 4.21. The summed E-state index contributed by atoms with van der Waals surface area (Å²) in [5, 5.41) is 6.85. The SMILES string of the molecule is CCN1CCCC1CN=C(NCCSC)NCCc1ccco1. The molecule has 1 atom stereocenters. The Morgan fingerprint density at radius 3 is 3.04 bits per heavy atom. The van der Waals surface area contributed by atoms with Crippen LogP contribution in [0.25, 0.3) is 0 Å². The summed E-state index contributed by atoms with van der Waals surface area (Å²) in [5.74, 6) is 3.02. The van der Waals surface area contributed by atoms with E-state index in [1.807, 2.05) is 23.9 Å². The molecule has 1 aliphatic rings. The van der Waals surface area contributed by atoms with Crippen molar-refractivity contribution in [1.82, 2.24) is 15.5 Å². The number of nitrogens with one attached hydrogen (secondary N) is 2. The van der Waals surface area contributed by atoms with Gasteiger partial charge in [-0.2, -0.15) is 11.8 Å². The van der Waals surface area contributed by atoms with Crippen molar-refractivity contribution in [2.45, 2.75) is 32.2 Å². The molecule has 0 radical (unpaired) electrons. The first-order valence-electron chi connectivity index (χ1n) is 8.61. The number of hydrogen-bond donors (Lipinski definition) is 2. The zero-order valence-electron chi connectivity index (χ0n) is 14.4. The molecule has 1 fully saturated rings. The maximum Gasteiger partial charge on any atom is 0.191 e. The molecule has 2 rings (SSSR count). The Kier molecular flexibility index (Phi) is 8.39. The predicted molar refractivity (Wildman–Crippen MR) is 99.4 cm³/mol. The summed E-state index contributed by atoms with van der Waals surface area (Å²) in [5.41, 5.74) is 0. The fraction of sp³-hybridized carbons (Fsp3) is 0.706. The van der Waals surface area contributed by atoms with Gasteiger partial charge in [0.1, 0.15) is 5.76 Å². The van der Waals surface area contributed by atoms with Crippen molar-refractivity contribution in [1.29, 1.82) is 0 Å². The second kappa shape index (κ2) is 10.6. The lowest BCUT2D eigenvalue weighted by atomic mass is 10.2. The van der Waals surface area contributed by atoms with Gasteiger partial charge in [-0.1, -0.05) is 6.92 Å². The molecule has 1 aromatic heterocycles. The Morgan fingerprint density at radius 1 is 1.43 bits per heavy atom. The van der Waals surface area contributed by atoms with E-state index in [9.17, 15) is 0 Å². The zero-order valence-corrected chi connectivity index (χ0v) is 15.2. The summed E-state index contributed by atoms with van der Waals surface area (Å²) in [7, 11) is 0. The van der Waals surface area contributed by atoms with Crippen LogP contribution in [-0.4, -0.2) is 61.6 Å². The van der Waals surface area contributed by atoms with Gasteiger partial charge in [-0.3, -0.25) is 9.89 Å². The molecule has 0 aliphatic carbocycles. The summed E-state index contributed by atoms with van der Waals surface area (Å²) < 4.78 is 5.37. The average Bonchev–Trinajstić information content (AvgIpc) is 3.23. The van der Waals surface area contributed by atoms with Crippen molar-refractivity contribution in [2.24, 2.45) is 4.99 Å². The normalized spacial score (nSPS) is 19.2. The number of nitrogens with zero attached hydrogens (tertiary/aromatic N) is 2. The molecular weight excluding hydrogens is 308 g/mol. The van der Waals surface area contributed by atoms with Crippen molar-refractivity contribution in [3.8, 4) is 0 Å². The van der Waals surface area contributed by atoms with Crippen LogP contribution in [0.3, 0.4) is 0 Å². The monoisotopic (exact) mass is 338 g/mol. The molecule has 1 unspecified atom stereocenters. The first kappa shape index (κ1) is 18.2. The van der Waals surface area contributed by atoms with E-state index >= 15 is 0 Å². The van der Waals surface area contributed by atoms with Crippen molar-refractivity contribution in [3.05, 3.63) is 24.2 Å². The van der Waals surface area contributed by atoms with E-state index in [4.69, 9.17) is 9.41 Å². The lowest BCUT2D eigenvalue weighted by Gasteiger charge is -2.21. The molecular formula is C17H30N4OS. The van der Waals surface area contributed by atoms with Gasteiger partial charge in [-0.15, -0.1) is 0 Å². The smallest absolute Gasteiger partial charge is 0.191 e. The van der Waals surface area contributed by atoms with Crippen molar-refractivity contribution in [2.75, 3.05) is 44.7 Å². The highest BCUT2D eigenvalue weighted by atomic mass is 32.2. The Morgan fingerprint density at radius 2 is 2.30 bits per heavy atom. The second-order valence-electron chi connectivity index (χ2n) is 5.79. The standard InChI is InChI=1S/C17H30N4OS/c1-3-21-11-4-6-15(21)14-20-17(19-10-13-23-2)18-9-8-16-7-5-12-22-16/h5,7,12,15H,3-4,6,8-11,13-14H2,1-2H3,(H2,18,19,20). The molecule has 1 aromatic rings. The first-order valence-corrected chi connectivity index (χ1v) is 10.0. The topological polar surface area (TPSA) is 52.8 Å². The van der Waals surface area contributed by atoms with Gasteiger partial charge in [0, 0.05) is 31.3 Å². The molecule has 23 heavy (non-hydrogen) atoms. The fourth-order valence-electron chi connectivity index (χ4n) is 2.92. The molecule has 5 nitrogen and oxygen atoms in total. The molecule has 0 bridgehead atoms. The largest absolute Gasteiger partial charge is 0.469 e. The third kappa shape index (κ3) is 6.47. The van der Waals surface area contributed by atoms with Gasteiger partial charge in [-0.25, -0.2) is 0 Å². The van der Waals surface area contributed by atoms with Gasteiger partial charge in [0.15, 0.2) is 5.96 Å². The lowest BCUT2D eigenvalue weighted by Crippen LogP contribution is -2.41. The number of thioether (sulfide) groups is 1. The summed E-state index contributed by atoms with van der Waals surface area (Å²) >= 11 is 1.84. The van der Waals surface area contributed by atoms with E-state index in [0.29, 0.717) is 6.04 Å². The lowest BCUT2D eigenvalue weighted by molar-refractivity contribution is 0.273. The van der Waals surface area contributed by atoms with E-state index in [1.54, 1.807) is 6.26 Å². The van der Waals surface area contributed by atoms with Crippen LogP contribution in [0.5, 0.6) is 0 Å². The summed E-state index contributed by atoms with van der Waals surface area (Å²) in [6, 6.07) is 4.54. The van der Waals surface area contributed by atoms with Gasteiger partial charge in [0.05, 0.1) is 12.8 Å². The van der Waals surface area contributed by atoms with Crippen LogP contribution in [0.15, 0.2) is 27.8 Å². The Labute approximate surface area is 144 Å². The van der Waals surface area contributed by atoms with E-state index in [0.717, 1.165) is 50.1 Å². The van der Waals surface area contributed by atoms with Gasteiger partial charge >= 0.3 is 0 Å². The molecule has 6 heteroatoms. The van der Waals surface area contributed by atoms with Crippen LogP contribution >= 0.6 is 11.8 Å². The highest BCUT2D eigenvalue weighted by Crippen LogP contribution is 2.16. The minimum absolute atomic E-state index is 0.601. The van der Waals surface area contributed by atoms with E-state index in [-0.39, 0.29) is 0 Å². The molecule has 0 saturated carbocycles. The molecule has 0 amide bonds. The molecule has 1 aliphatic heterocycles. The highest BCUT2D eigenvalue weighted by Gasteiger charge is 2.22. The summed E-state index contributed by atoms with van der Waals surface area (Å²) in [6.45, 7) is 7.24. The summed E-state index contributed by atoms with van der Waals surface area (Å²) in [4.78, 5) is 7.34. The third-order valence-corrected chi connectivity index (χ3v) is 4.82. The number of likely N-dealkylation sites (tertiary alicyclic amines) is 1. The number of guanidine groups is 1. The Hall–Kier alpha value is -1.14. The van der Waals surface area contributed by atoms with Crippen molar-refractivity contribution in [3.63, 3.8) is 0 Å². The molecule has 130 valence electrons. The first-order chi connectivity index (χ1) is 11.3. The molecule has 2 N–H and O–H groups in total. The van der Waals surface area contributed by atoms with Gasteiger partial charge in [0.2, 0.25) is 0 Å². The van der Waals surface area contributed by atoms with Crippen LogP contribution in [0.2, 0.25) is 0 Å². The highest BCUT2D eigenvalue weighted by molar-refractivity contribution is 7.98. The quantitative estimate of drug-likeness (QED) is 0.411. The molecule has 2 heterocycles. The van der Waals surface area contributed by atoms with Crippen LogP contribution in [-0.2, 0) is 6.42 Å². The van der Waals surface area contributed by atoms with Crippen LogP contribution in [0.1, 0.15) is 25.5 Å². The van der Waals surface area contributed by atoms with E-state index in [2.05, 4.69) is 28.7 Å². The number of hydrogen-bond acceptors (Lipinski definition) is 4. The number of likely N-dealkylation sites (N-methyl/N-ethyl adjacent to an activating group) is 1. The van der Waals surface area contributed by atoms with E-state index in [1.165, 1.54) is 19.4 Å². The van der Waals surface area contributed by atoms with Crippen molar-refractivity contribution < 1.29 is 4.42 Å². The van der Waals surface area contributed by atoms with Gasteiger partial charge < -0.3 is 15.1 Å². The molecule has 0 aromatic carbocycles. The van der Waals surface area contributed by atoms with Crippen molar-refractivity contribution >= 4 is 17.7 Å². The molecule has 0 spiro atoms. The van der Waals surface area contributed by atoms with Crippen LogP contribution in [0, 0.1) is 0 Å². The molecule has 1 saturated heterocycles. The van der Waals surface area contributed by atoms with E-state index < -0.39 is 0 Å². The predicted octanol–water partition coefficient (Wildman–Crippen LogP) is 2.20. The number of furan rings is 1. The van der Waals surface area contributed by atoms with Gasteiger partial charge in [0.25, 0.3) is 0 Å². The Balaban J connectivity index is 1.80.